The number of hydrogen-bond donors (Lipinski definition) is 2. The molecular weight excluding hydrogens is 522 g/mol. The second-order valence-corrected chi connectivity index (χ2v) is 9.19. The summed E-state index contributed by atoms with van der Waals surface area (Å²) in [6, 6.07) is 16.5. The van der Waals surface area contributed by atoms with Crippen LogP contribution in [-0.2, 0) is 25.7 Å². The Balaban J connectivity index is 1.78. The van der Waals surface area contributed by atoms with Gasteiger partial charge in [-0.15, -0.1) is 0 Å². The van der Waals surface area contributed by atoms with Gasteiger partial charge in [0.2, 0.25) is 11.8 Å². The third kappa shape index (κ3) is 5.98. The van der Waals surface area contributed by atoms with Gasteiger partial charge in [-0.1, -0.05) is 52.0 Å². The first kappa shape index (κ1) is 25.3. The minimum absolute atomic E-state index is 0.0228. The maximum absolute atomic E-state index is 12.9. The zero-order valence-corrected chi connectivity index (χ0v) is 20.9. The number of esters is 1. The number of halogens is 1. The zero-order chi connectivity index (χ0) is 24.7. The summed E-state index contributed by atoms with van der Waals surface area (Å²) in [5.74, 6) is -2.96. The lowest BCUT2D eigenvalue weighted by Gasteiger charge is -2.31. The summed E-state index contributed by atoms with van der Waals surface area (Å²) in [7, 11) is 2.78. The van der Waals surface area contributed by atoms with Gasteiger partial charge < -0.3 is 20.1 Å². The number of ether oxygens (including phenoxy) is 2. The molecule has 8 nitrogen and oxygen atoms in total. The summed E-state index contributed by atoms with van der Waals surface area (Å²) in [5.41, 5.74) is 1.71. The molecule has 34 heavy (non-hydrogen) atoms. The second kappa shape index (κ2) is 11.7. The van der Waals surface area contributed by atoms with Crippen LogP contribution in [0.3, 0.4) is 0 Å². The molecule has 2 aromatic rings. The van der Waals surface area contributed by atoms with E-state index in [-0.39, 0.29) is 22.3 Å². The highest BCUT2D eigenvalue weighted by Crippen LogP contribution is 2.40. The van der Waals surface area contributed by atoms with Crippen LogP contribution in [0.2, 0.25) is 0 Å². The summed E-state index contributed by atoms with van der Waals surface area (Å²) in [6.45, 7) is 0.324. The van der Waals surface area contributed by atoms with E-state index in [1.807, 2.05) is 12.1 Å². The molecule has 2 amide bonds. The Labute approximate surface area is 209 Å². The topological polar surface area (TPSA) is 118 Å². The molecule has 2 aromatic carbocycles. The van der Waals surface area contributed by atoms with Gasteiger partial charge in [0.05, 0.1) is 36.6 Å². The molecule has 0 unspecified atom stereocenters. The lowest BCUT2D eigenvalue weighted by Crippen LogP contribution is -2.44. The number of benzene rings is 2. The molecule has 3 rings (SSSR count). The smallest absolute Gasteiger partial charge is 0.319 e. The molecule has 1 heterocycles. The highest BCUT2D eigenvalue weighted by atomic mass is 79.9. The lowest BCUT2D eigenvalue weighted by molar-refractivity contribution is -0.150. The summed E-state index contributed by atoms with van der Waals surface area (Å²) in [5, 5.41) is 15.6. The second-order valence-electron chi connectivity index (χ2n) is 7.29. The average molecular weight is 544 g/mol. The quantitative estimate of drug-likeness (QED) is 0.387. The maximum atomic E-state index is 12.9. The van der Waals surface area contributed by atoms with Crippen molar-refractivity contribution in [1.82, 2.24) is 10.6 Å². The molecule has 176 valence electrons. The molecule has 0 saturated carbocycles. The Morgan fingerprint density at radius 1 is 1.21 bits per heavy atom. The van der Waals surface area contributed by atoms with Gasteiger partial charge >= 0.3 is 5.97 Å². The number of nitrogens with one attached hydrogen (secondary N) is 2. The van der Waals surface area contributed by atoms with E-state index in [1.54, 1.807) is 43.5 Å². The van der Waals surface area contributed by atoms with Crippen LogP contribution in [0, 0.1) is 17.2 Å². The molecule has 0 spiro atoms. The molecule has 1 aliphatic heterocycles. The summed E-state index contributed by atoms with van der Waals surface area (Å²) in [4.78, 5) is 37.7. The van der Waals surface area contributed by atoms with Gasteiger partial charge in [-0.05, 0) is 35.4 Å². The standard InChI is InChI=1S/C24H22BrN3O5S/c1-32-17-8-6-14(7-9-17)12-27-19(29)13-34-23-18(11-26)20(15-4-3-5-16(25)10-15)21(22(30)28-23)24(31)33-2/h3-10,20-21H,12-13H2,1-2H3,(H,27,29)(H,28,30)/t20-,21-/m0/s1. The highest BCUT2D eigenvalue weighted by Gasteiger charge is 2.44. The van der Waals surface area contributed by atoms with Gasteiger partial charge in [0.1, 0.15) is 11.7 Å². The minimum Gasteiger partial charge on any atom is -0.497 e. The number of rotatable bonds is 8. The number of methoxy groups -OCH3 is 2. The van der Waals surface area contributed by atoms with Crippen molar-refractivity contribution in [1.29, 1.82) is 5.26 Å². The number of allylic oxidation sites excluding steroid dienone is 1. The van der Waals surface area contributed by atoms with Crippen molar-refractivity contribution < 1.29 is 23.9 Å². The van der Waals surface area contributed by atoms with E-state index in [2.05, 4.69) is 32.6 Å². The Bertz CT molecular complexity index is 1160. The first-order valence-corrected chi connectivity index (χ1v) is 12.0. The predicted molar refractivity (Wildman–Crippen MR) is 130 cm³/mol. The molecule has 0 bridgehead atoms. The van der Waals surface area contributed by atoms with Gasteiger partial charge in [-0.2, -0.15) is 5.26 Å². The monoisotopic (exact) mass is 543 g/mol. The van der Waals surface area contributed by atoms with Crippen molar-refractivity contribution in [3.63, 3.8) is 0 Å². The molecule has 0 aliphatic carbocycles. The highest BCUT2D eigenvalue weighted by molar-refractivity contribution is 9.10. The Morgan fingerprint density at radius 3 is 2.56 bits per heavy atom. The van der Waals surface area contributed by atoms with Crippen LogP contribution in [0.15, 0.2) is 63.6 Å². The summed E-state index contributed by atoms with van der Waals surface area (Å²) >= 11 is 4.42. The third-order valence-electron chi connectivity index (χ3n) is 5.19. The van der Waals surface area contributed by atoms with E-state index in [1.165, 1.54) is 7.11 Å². The van der Waals surface area contributed by atoms with Crippen molar-refractivity contribution in [2.24, 2.45) is 5.92 Å². The van der Waals surface area contributed by atoms with Crippen molar-refractivity contribution >= 4 is 45.5 Å². The third-order valence-corrected chi connectivity index (χ3v) is 6.70. The molecule has 0 fully saturated rings. The summed E-state index contributed by atoms with van der Waals surface area (Å²) < 4.78 is 10.7. The van der Waals surface area contributed by atoms with E-state index in [4.69, 9.17) is 9.47 Å². The fourth-order valence-corrected chi connectivity index (χ4v) is 4.81. The fourth-order valence-electron chi connectivity index (χ4n) is 3.51. The van der Waals surface area contributed by atoms with Crippen LogP contribution in [-0.4, -0.2) is 37.8 Å². The van der Waals surface area contributed by atoms with Crippen molar-refractivity contribution in [3.8, 4) is 11.8 Å². The number of nitrogens with zero attached hydrogens (tertiary/aromatic N) is 1. The number of carbonyl (C=O) groups excluding carboxylic acids is 3. The van der Waals surface area contributed by atoms with E-state index in [0.717, 1.165) is 27.5 Å². The summed E-state index contributed by atoms with van der Waals surface area (Å²) in [6.07, 6.45) is 0. The van der Waals surface area contributed by atoms with E-state index < -0.39 is 23.7 Å². The number of amides is 2. The van der Waals surface area contributed by atoms with E-state index >= 15 is 0 Å². The molecule has 2 atom stereocenters. The van der Waals surface area contributed by atoms with Gasteiger partial charge in [0.15, 0.2) is 0 Å². The predicted octanol–water partition coefficient (Wildman–Crippen LogP) is 3.25. The maximum Gasteiger partial charge on any atom is 0.319 e. The SMILES string of the molecule is COC(=O)[C@@H]1C(=O)NC(SCC(=O)NCc2ccc(OC)cc2)=C(C#N)[C@@H]1c1cccc(Br)c1. The largest absolute Gasteiger partial charge is 0.497 e. The van der Waals surface area contributed by atoms with Crippen LogP contribution in [0.4, 0.5) is 0 Å². The average Bonchev–Trinajstić information content (AvgIpc) is 2.85. The van der Waals surface area contributed by atoms with Crippen molar-refractivity contribution in [2.75, 3.05) is 20.0 Å². The Morgan fingerprint density at radius 2 is 1.94 bits per heavy atom. The molecular formula is C24H22BrN3O5S. The van der Waals surface area contributed by atoms with Crippen LogP contribution < -0.4 is 15.4 Å². The Kier molecular flexibility index (Phi) is 8.73. The fraction of sp³-hybridized carbons (Fsp3) is 0.250. The van der Waals surface area contributed by atoms with Gasteiger partial charge in [0, 0.05) is 16.9 Å². The Hall–Kier alpha value is -3.29. The molecule has 0 radical (unpaired) electrons. The molecule has 0 saturated heterocycles. The van der Waals surface area contributed by atoms with Crippen LogP contribution in [0.5, 0.6) is 5.75 Å². The molecule has 1 aliphatic rings. The molecule has 2 N–H and O–H groups in total. The number of thioether (sulfide) groups is 1. The molecule has 10 heteroatoms. The van der Waals surface area contributed by atoms with E-state index in [0.29, 0.717) is 12.1 Å². The van der Waals surface area contributed by atoms with Gasteiger partial charge in [-0.25, -0.2) is 0 Å². The van der Waals surface area contributed by atoms with Crippen LogP contribution in [0.25, 0.3) is 0 Å². The normalized spacial score (nSPS) is 17.4. The first-order valence-electron chi connectivity index (χ1n) is 10.2. The first-order chi connectivity index (χ1) is 16.4. The van der Waals surface area contributed by atoms with Crippen LogP contribution in [0.1, 0.15) is 17.0 Å². The van der Waals surface area contributed by atoms with E-state index in [9.17, 15) is 19.6 Å². The minimum atomic E-state index is -1.22. The number of carbonyl (C=O) groups is 3. The van der Waals surface area contributed by atoms with Gasteiger partial charge in [-0.3, -0.25) is 14.4 Å². The van der Waals surface area contributed by atoms with Crippen molar-refractivity contribution in [2.45, 2.75) is 12.5 Å². The van der Waals surface area contributed by atoms with Crippen molar-refractivity contribution in [3.05, 3.63) is 74.7 Å². The lowest BCUT2D eigenvalue weighted by atomic mass is 9.78. The molecule has 0 aromatic heterocycles. The van der Waals surface area contributed by atoms with Gasteiger partial charge in [0.25, 0.3) is 0 Å². The number of hydrogen-bond acceptors (Lipinski definition) is 7. The zero-order valence-electron chi connectivity index (χ0n) is 18.5. The number of nitriles is 1. The van der Waals surface area contributed by atoms with Crippen LogP contribution >= 0.6 is 27.7 Å².